The number of rotatable bonds is 6. The lowest BCUT2D eigenvalue weighted by atomic mass is 9.97. The molecule has 0 heterocycles. The highest BCUT2D eigenvalue weighted by atomic mass is 14.1. The first-order valence-electron chi connectivity index (χ1n) is 4.86. The zero-order valence-electron chi connectivity index (χ0n) is 8.64. The summed E-state index contributed by atoms with van der Waals surface area (Å²) < 4.78 is 0. The number of hydrogen-bond donors (Lipinski definition) is 0. The molecule has 0 saturated heterocycles. The maximum atomic E-state index is 3.76. The normalized spacial score (nSPS) is 14.4. The monoisotopic (exact) mass is 165 g/mol. The van der Waals surface area contributed by atoms with Crippen LogP contribution in [0.5, 0.6) is 0 Å². The van der Waals surface area contributed by atoms with Crippen LogP contribution < -0.4 is 0 Å². The third-order valence-electron chi connectivity index (χ3n) is 2.20. The van der Waals surface area contributed by atoms with Gasteiger partial charge >= 0.3 is 0 Å². The lowest BCUT2D eigenvalue weighted by Crippen LogP contribution is -1.96. The lowest BCUT2D eigenvalue weighted by molar-refractivity contribution is 0.607. The molecule has 0 aliphatic carbocycles. The number of allylic oxidation sites excluding steroid dienone is 3. The van der Waals surface area contributed by atoms with Crippen LogP contribution in [0.2, 0.25) is 0 Å². The average molecular weight is 165 g/mol. The Morgan fingerprint density at radius 3 is 2.50 bits per heavy atom. The van der Waals surface area contributed by atoms with Crippen molar-refractivity contribution >= 4 is 0 Å². The van der Waals surface area contributed by atoms with E-state index in [4.69, 9.17) is 0 Å². The van der Waals surface area contributed by atoms with Crippen LogP contribution in [0, 0.1) is 12.3 Å². The summed E-state index contributed by atoms with van der Waals surface area (Å²) in [7, 11) is 0. The summed E-state index contributed by atoms with van der Waals surface area (Å²) in [4.78, 5) is 0. The van der Waals surface area contributed by atoms with Gasteiger partial charge in [0.15, 0.2) is 0 Å². The molecule has 0 rings (SSSR count). The summed E-state index contributed by atoms with van der Waals surface area (Å²) in [6, 6.07) is 0. The molecule has 0 aromatic rings. The first kappa shape index (κ1) is 11.5. The van der Waals surface area contributed by atoms with Crippen molar-refractivity contribution in [1.29, 1.82) is 0 Å². The molecular formula is C12H21. The zero-order chi connectivity index (χ0) is 9.40. The Bertz CT molecular complexity index is 142. The van der Waals surface area contributed by atoms with Crippen LogP contribution >= 0.6 is 0 Å². The summed E-state index contributed by atoms with van der Waals surface area (Å²) in [6.07, 6.45) is 10.0. The zero-order valence-corrected chi connectivity index (χ0v) is 8.64. The molecule has 0 N–H and O–H groups in total. The fraction of sp³-hybridized carbons (Fsp3) is 0.583. The molecule has 0 nitrogen and oxygen atoms in total. The van der Waals surface area contributed by atoms with Crippen molar-refractivity contribution in [3.63, 3.8) is 0 Å². The average Bonchev–Trinajstić information content (AvgIpc) is 2.11. The van der Waals surface area contributed by atoms with Gasteiger partial charge in [0.05, 0.1) is 0 Å². The van der Waals surface area contributed by atoms with Gasteiger partial charge < -0.3 is 0 Å². The Hall–Kier alpha value is -0.520. The summed E-state index contributed by atoms with van der Waals surface area (Å²) in [5, 5.41) is 0. The van der Waals surface area contributed by atoms with E-state index in [9.17, 15) is 0 Å². The van der Waals surface area contributed by atoms with Crippen molar-refractivity contribution in [2.24, 2.45) is 5.92 Å². The molecule has 1 atom stereocenters. The fourth-order valence-electron chi connectivity index (χ4n) is 1.01. The van der Waals surface area contributed by atoms with Gasteiger partial charge in [-0.15, -0.1) is 6.58 Å². The minimum absolute atomic E-state index is 0.684. The van der Waals surface area contributed by atoms with Gasteiger partial charge in [-0.2, -0.15) is 0 Å². The Kier molecular flexibility index (Phi) is 6.84. The van der Waals surface area contributed by atoms with Crippen LogP contribution in [0.1, 0.15) is 40.0 Å². The van der Waals surface area contributed by atoms with E-state index in [-0.39, 0.29) is 0 Å². The van der Waals surface area contributed by atoms with Gasteiger partial charge in [0.25, 0.3) is 0 Å². The molecular weight excluding hydrogens is 144 g/mol. The van der Waals surface area contributed by atoms with Crippen molar-refractivity contribution < 1.29 is 0 Å². The molecule has 0 aliphatic heterocycles. The van der Waals surface area contributed by atoms with Crippen LogP contribution in [-0.2, 0) is 0 Å². The summed E-state index contributed by atoms with van der Waals surface area (Å²) in [5.74, 6) is 0.684. The van der Waals surface area contributed by atoms with Crippen molar-refractivity contribution in [3.8, 4) is 0 Å². The molecule has 0 fully saturated rings. The lowest BCUT2D eigenvalue weighted by Gasteiger charge is -2.08. The third-order valence-corrected chi connectivity index (χ3v) is 2.20. The van der Waals surface area contributed by atoms with E-state index in [2.05, 4.69) is 39.8 Å². The number of hydrogen-bond acceptors (Lipinski definition) is 0. The molecule has 0 saturated carbocycles. The molecule has 0 aromatic heterocycles. The third kappa shape index (κ3) is 5.17. The van der Waals surface area contributed by atoms with Gasteiger partial charge in [0.1, 0.15) is 0 Å². The molecule has 69 valence electrons. The minimum Gasteiger partial charge on any atom is -0.103 e. The first-order valence-corrected chi connectivity index (χ1v) is 4.86. The Morgan fingerprint density at radius 2 is 2.08 bits per heavy atom. The van der Waals surface area contributed by atoms with Gasteiger partial charge in [-0.1, -0.05) is 38.0 Å². The van der Waals surface area contributed by atoms with E-state index in [1.165, 1.54) is 12.0 Å². The van der Waals surface area contributed by atoms with Crippen molar-refractivity contribution in [1.82, 2.24) is 0 Å². The predicted octanol–water partition coefficient (Wildman–Crippen LogP) is 4.15. The quantitative estimate of drug-likeness (QED) is 0.519. The van der Waals surface area contributed by atoms with Crippen molar-refractivity contribution in [3.05, 3.63) is 30.7 Å². The fourth-order valence-corrected chi connectivity index (χ4v) is 1.01. The van der Waals surface area contributed by atoms with Crippen molar-refractivity contribution in [2.45, 2.75) is 40.0 Å². The molecule has 0 heteroatoms. The molecule has 0 bridgehead atoms. The van der Waals surface area contributed by atoms with Gasteiger partial charge in [-0.05, 0) is 32.1 Å². The van der Waals surface area contributed by atoms with Crippen LogP contribution in [0.25, 0.3) is 0 Å². The molecule has 0 aliphatic rings. The Labute approximate surface area is 77.4 Å². The summed E-state index contributed by atoms with van der Waals surface area (Å²) in [6.45, 7) is 10.3. The maximum absolute atomic E-state index is 3.76. The Balaban J connectivity index is 3.77. The van der Waals surface area contributed by atoms with E-state index >= 15 is 0 Å². The summed E-state index contributed by atoms with van der Waals surface area (Å²) >= 11 is 0. The molecule has 0 amide bonds. The van der Waals surface area contributed by atoms with E-state index in [0.717, 1.165) is 12.8 Å². The molecule has 1 unspecified atom stereocenters. The first-order chi connectivity index (χ1) is 5.74. The van der Waals surface area contributed by atoms with Crippen LogP contribution in [0.3, 0.4) is 0 Å². The Morgan fingerprint density at radius 1 is 1.42 bits per heavy atom. The maximum Gasteiger partial charge on any atom is -0.0134 e. The second-order valence-electron chi connectivity index (χ2n) is 3.25. The van der Waals surface area contributed by atoms with E-state index in [1.807, 2.05) is 6.08 Å². The van der Waals surface area contributed by atoms with E-state index < -0.39 is 0 Å². The van der Waals surface area contributed by atoms with Gasteiger partial charge in [0.2, 0.25) is 0 Å². The van der Waals surface area contributed by atoms with Crippen LogP contribution in [0.4, 0.5) is 0 Å². The highest BCUT2D eigenvalue weighted by Crippen LogP contribution is 2.14. The van der Waals surface area contributed by atoms with Crippen molar-refractivity contribution in [2.75, 3.05) is 0 Å². The predicted molar refractivity (Wildman–Crippen MR) is 56.9 cm³/mol. The summed E-state index contributed by atoms with van der Waals surface area (Å²) in [5.41, 5.74) is 1.46. The standard InChI is InChI=1S/C12H21/c1-5-8-12(7-3)10-9-11(4)6-2/h5,9-10,12H,1,6-8H2,2-4H3/b11-9+. The van der Waals surface area contributed by atoms with Gasteiger partial charge in [0, 0.05) is 0 Å². The minimum atomic E-state index is 0.684. The highest BCUT2D eigenvalue weighted by molar-refractivity contribution is 5.07. The smallest absolute Gasteiger partial charge is 0.0134 e. The molecule has 12 heavy (non-hydrogen) atoms. The SMILES string of the molecule is C=CCC([CH]/C=C(\C)CC)CC. The molecule has 0 spiro atoms. The van der Waals surface area contributed by atoms with E-state index in [0.29, 0.717) is 5.92 Å². The molecule has 1 radical (unpaired) electrons. The van der Waals surface area contributed by atoms with Gasteiger partial charge in [-0.25, -0.2) is 0 Å². The second kappa shape index (κ2) is 7.15. The molecule has 0 aromatic carbocycles. The topological polar surface area (TPSA) is 0 Å². The van der Waals surface area contributed by atoms with Crippen LogP contribution in [-0.4, -0.2) is 0 Å². The largest absolute Gasteiger partial charge is 0.103 e. The van der Waals surface area contributed by atoms with Crippen LogP contribution in [0.15, 0.2) is 24.3 Å². The van der Waals surface area contributed by atoms with Gasteiger partial charge in [-0.3, -0.25) is 0 Å². The second-order valence-corrected chi connectivity index (χ2v) is 3.25. The van der Waals surface area contributed by atoms with E-state index in [1.54, 1.807) is 0 Å². The highest BCUT2D eigenvalue weighted by Gasteiger charge is 2.01.